The lowest BCUT2D eigenvalue weighted by Crippen LogP contribution is -3.00. The van der Waals surface area contributed by atoms with E-state index >= 15 is 0 Å². The van der Waals surface area contributed by atoms with Crippen molar-refractivity contribution >= 4 is 11.6 Å². The highest BCUT2D eigenvalue weighted by molar-refractivity contribution is 6.18. The predicted octanol–water partition coefficient (Wildman–Crippen LogP) is 0.807. The van der Waals surface area contributed by atoms with Gasteiger partial charge >= 0.3 is 1.43 Å². The summed E-state index contributed by atoms with van der Waals surface area (Å²) in [5, 5.41) is 6.65. The molecule has 39 heavy (non-hydrogen) atoms. The zero-order chi connectivity index (χ0) is 28.5. The maximum absolute atomic E-state index is 5.27. The summed E-state index contributed by atoms with van der Waals surface area (Å²) in [6.07, 6.45) is 22.5. The number of alkyl halides is 1. The third-order valence-corrected chi connectivity index (χ3v) is 5.80. The molecule has 1 rings (SSSR count). The first kappa shape index (κ1) is 48.6. The van der Waals surface area contributed by atoms with Gasteiger partial charge in [-0.25, -0.2) is 0 Å². The van der Waals surface area contributed by atoms with Crippen LogP contribution in [0, 0.1) is 0 Å². The molecular weight excluding hydrogens is 551 g/mol. The number of hydrogen-bond donors (Lipinski definition) is 3. The SMILES string of the molecule is C=CCN.C=CCNCCCCCCCCCC.C=CCNCCCCCC[N+](C)(C)C.ClCC1CO1.[Cl-].[Cl-].[H+]. The highest BCUT2D eigenvalue weighted by Gasteiger charge is 2.19. The Kier molecular flexibility index (Phi) is 52.8. The van der Waals surface area contributed by atoms with Gasteiger partial charge in [-0.1, -0.05) is 76.5 Å². The number of nitrogens with zero attached hydrogens (tertiary/aromatic N) is 1. The molecule has 1 aliphatic rings. The molecule has 238 valence electrons. The summed E-state index contributed by atoms with van der Waals surface area (Å²) >= 11 is 5.27. The topological polar surface area (TPSA) is 62.6 Å². The highest BCUT2D eigenvalue weighted by atomic mass is 35.5. The summed E-state index contributed by atoms with van der Waals surface area (Å²) in [5.41, 5.74) is 4.91. The van der Waals surface area contributed by atoms with Crippen molar-refractivity contribution in [1.29, 1.82) is 0 Å². The number of nitrogens with two attached hydrogens (primary N) is 1. The molecule has 1 atom stereocenters. The molecule has 1 saturated heterocycles. The van der Waals surface area contributed by atoms with Crippen LogP contribution < -0.4 is 41.2 Å². The largest absolute Gasteiger partial charge is 1.00 e. The van der Waals surface area contributed by atoms with Crippen molar-refractivity contribution in [3.05, 3.63) is 38.0 Å². The van der Waals surface area contributed by atoms with Gasteiger partial charge in [0.25, 0.3) is 0 Å². The lowest BCUT2D eigenvalue weighted by atomic mass is 10.1. The van der Waals surface area contributed by atoms with E-state index in [2.05, 4.69) is 58.4 Å². The molecule has 4 N–H and O–H groups in total. The molecule has 1 aliphatic heterocycles. The summed E-state index contributed by atoms with van der Waals surface area (Å²) in [6.45, 7) is 19.9. The van der Waals surface area contributed by atoms with E-state index in [-0.39, 0.29) is 26.2 Å². The van der Waals surface area contributed by atoms with E-state index in [0.29, 0.717) is 18.5 Å². The molecule has 1 fully saturated rings. The number of halogens is 3. The smallest absolute Gasteiger partial charge is 1.00 e. The third kappa shape index (κ3) is 62.7. The van der Waals surface area contributed by atoms with E-state index in [4.69, 9.17) is 22.1 Å². The van der Waals surface area contributed by atoms with Crippen molar-refractivity contribution in [2.24, 2.45) is 5.73 Å². The normalized spacial score (nSPS) is 12.9. The van der Waals surface area contributed by atoms with Gasteiger partial charge in [0, 0.05) is 19.6 Å². The molecule has 0 spiro atoms. The van der Waals surface area contributed by atoms with Gasteiger partial charge in [0.05, 0.1) is 46.3 Å². The first-order chi connectivity index (χ1) is 17.8. The summed E-state index contributed by atoms with van der Waals surface area (Å²) in [6, 6.07) is 0. The first-order valence-corrected chi connectivity index (χ1v) is 15.3. The predicted molar refractivity (Wildman–Crippen MR) is 171 cm³/mol. The van der Waals surface area contributed by atoms with Crippen LogP contribution in [-0.2, 0) is 4.74 Å². The Hall–Kier alpha value is -0.110. The Balaban J connectivity index is -0.000000104. The number of unbranched alkanes of at least 4 members (excludes halogenated alkanes) is 10. The van der Waals surface area contributed by atoms with E-state index in [1.807, 2.05) is 12.2 Å². The van der Waals surface area contributed by atoms with Crippen molar-refractivity contribution in [3.63, 3.8) is 0 Å². The van der Waals surface area contributed by atoms with Crippen LogP contribution in [-0.4, -0.2) is 83.5 Å². The van der Waals surface area contributed by atoms with Crippen LogP contribution >= 0.6 is 11.6 Å². The maximum Gasteiger partial charge on any atom is 1.00 e. The van der Waals surface area contributed by atoms with E-state index in [1.165, 1.54) is 83.6 Å². The van der Waals surface area contributed by atoms with Crippen molar-refractivity contribution in [2.75, 3.05) is 72.9 Å². The number of rotatable bonds is 22. The second kappa shape index (κ2) is 42.4. The quantitative estimate of drug-likeness (QED) is 0.0553. The summed E-state index contributed by atoms with van der Waals surface area (Å²) in [4.78, 5) is 0. The molecule has 0 bridgehead atoms. The van der Waals surface area contributed by atoms with Gasteiger partial charge < -0.3 is 50.4 Å². The van der Waals surface area contributed by atoms with E-state index in [1.54, 1.807) is 6.08 Å². The van der Waals surface area contributed by atoms with Gasteiger partial charge in [-0.3, -0.25) is 0 Å². The van der Waals surface area contributed by atoms with Crippen LogP contribution in [0.15, 0.2) is 38.0 Å². The van der Waals surface area contributed by atoms with Crippen molar-refractivity contribution in [3.8, 4) is 0 Å². The molecule has 8 heteroatoms. The zero-order valence-electron chi connectivity index (χ0n) is 27.1. The van der Waals surface area contributed by atoms with E-state index in [0.717, 1.165) is 37.3 Å². The fraction of sp³-hybridized carbons (Fsp3) is 0.806. The van der Waals surface area contributed by atoms with Crippen molar-refractivity contribution in [1.82, 2.24) is 10.6 Å². The van der Waals surface area contributed by atoms with Crippen LogP contribution in [0.1, 0.15) is 85.4 Å². The fourth-order valence-corrected chi connectivity index (χ4v) is 3.32. The zero-order valence-corrected chi connectivity index (χ0v) is 28.4. The molecule has 1 heterocycles. The summed E-state index contributed by atoms with van der Waals surface area (Å²) < 4.78 is 5.82. The monoisotopic (exact) mass is 616 g/mol. The molecular formula is C31H67Cl3N4O. The molecule has 0 radical (unpaired) electrons. The number of nitrogens with one attached hydrogen (secondary N) is 2. The van der Waals surface area contributed by atoms with Gasteiger partial charge in [-0.15, -0.1) is 31.3 Å². The molecule has 0 aromatic heterocycles. The molecule has 0 aromatic rings. The minimum absolute atomic E-state index is 0. The average Bonchev–Trinajstić information content (AvgIpc) is 3.72. The average molecular weight is 618 g/mol. The standard InChI is InChI=1S/C13H27N.C12H27N2.C3H5ClO.C3H7N.2ClH/c1-3-5-6-7-8-9-10-11-13-14-12-4-2;1-5-10-13-11-8-6-7-9-12-14(2,3)4;4-1-3-2-5-3;1-2-3-4;;/h4,14H,2-3,5-13H2,1H3;5,13H,1,6-12H2,2-4H3;3H,1-2H2;2H,1,3-4H2;2*1H/q;+1;;;;/p-1. The Morgan fingerprint density at radius 2 is 1.18 bits per heavy atom. The second-order valence-corrected chi connectivity index (χ2v) is 10.8. The van der Waals surface area contributed by atoms with Crippen LogP contribution in [0.2, 0.25) is 0 Å². The fourth-order valence-electron chi connectivity index (χ4n) is 3.14. The first-order valence-electron chi connectivity index (χ1n) is 14.7. The minimum Gasteiger partial charge on any atom is -1.00 e. The molecule has 0 aromatic carbocycles. The molecule has 0 saturated carbocycles. The second-order valence-electron chi connectivity index (χ2n) is 10.5. The van der Waals surface area contributed by atoms with E-state index in [9.17, 15) is 0 Å². The number of quaternary nitrogens is 1. The van der Waals surface area contributed by atoms with E-state index < -0.39 is 0 Å². The van der Waals surface area contributed by atoms with Gasteiger partial charge in [0.2, 0.25) is 0 Å². The Bertz CT molecular complexity index is 466. The number of ether oxygens (including phenoxy) is 1. The molecule has 0 amide bonds. The summed E-state index contributed by atoms with van der Waals surface area (Å²) in [7, 11) is 6.77. The number of hydrogen-bond acceptors (Lipinski definition) is 4. The minimum atomic E-state index is 0. The Labute approximate surface area is 263 Å². The molecule has 0 aliphatic carbocycles. The number of epoxide rings is 1. The van der Waals surface area contributed by atoms with Crippen molar-refractivity contribution in [2.45, 2.75) is 90.1 Å². The van der Waals surface area contributed by atoms with Gasteiger partial charge in [0.1, 0.15) is 0 Å². The van der Waals surface area contributed by atoms with Crippen LogP contribution in [0.4, 0.5) is 0 Å². The van der Waals surface area contributed by atoms with Gasteiger partial charge in [-0.2, -0.15) is 0 Å². The Morgan fingerprint density at radius 1 is 0.795 bits per heavy atom. The lowest BCUT2D eigenvalue weighted by molar-refractivity contribution is -0.870. The van der Waals surface area contributed by atoms with Crippen LogP contribution in [0.5, 0.6) is 0 Å². The van der Waals surface area contributed by atoms with Gasteiger partial charge in [0.15, 0.2) is 0 Å². The van der Waals surface area contributed by atoms with Crippen molar-refractivity contribution < 1.29 is 35.5 Å². The molecule has 5 nitrogen and oxygen atoms in total. The summed E-state index contributed by atoms with van der Waals surface area (Å²) in [5.74, 6) is 0.667. The van der Waals surface area contributed by atoms with Crippen LogP contribution in [0.3, 0.4) is 0 Å². The van der Waals surface area contributed by atoms with Gasteiger partial charge in [-0.05, 0) is 38.8 Å². The highest BCUT2D eigenvalue weighted by Crippen LogP contribution is 2.09. The third-order valence-electron chi connectivity index (χ3n) is 5.46. The molecule has 1 unspecified atom stereocenters. The maximum atomic E-state index is 5.27. The Morgan fingerprint density at radius 3 is 1.46 bits per heavy atom. The van der Waals surface area contributed by atoms with Crippen LogP contribution in [0.25, 0.3) is 0 Å². The lowest BCUT2D eigenvalue weighted by Gasteiger charge is -2.23.